The van der Waals surface area contributed by atoms with Gasteiger partial charge >= 0.3 is 5.97 Å². The average Bonchev–Trinajstić information content (AvgIpc) is 2.20. The van der Waals surface area contributed by atoms with Gasteiger partial charge in [-0.05, 0) is 55.4 Å². The second kappa shape index (κ2) is 4.83. The van der Waals surface area contributed by atoms with Gasteiger partial charge in [0.25, 0.3) is 0 Å². The first-order valence-electron chi connectivity index (χ1n) is 6.61. The summed E-state index contributed by atoms with van der Waals surface area (Å²) in [6, 6.07) is 4.55. The molecular formula is C15H20FNO2. The maximum absolute atomic E-state index is 13.3. The molecule has 0 heterocycles. The molecule has 4 heteroatoms. The van der Waals surface area contributed by atoms with Gasteiger partial charge in [-0.15, -0.1) is 0 Å². The number of anilines is 1. The zero-order valence-electron chi connectivity index (χ0n) is 11.5. The Morgan fingerprint density at radius 1 is 1.42 bits per heavy atom. The first-order valence-corrected chi connectivity index (χ1v) is 6.61. The largest absolute Gasteiger partial charge is 0.480 e. The second-order valence-corrected chi connectivity index (χ2v) is 5.94. The smallest absolute Gasteiger partial charge is 0.329 e. The first kappa shape index (κ1) is 13.8. The summed E-state index contributed by atoms with van der Waals surface area (Å²) in [5.74, 6) is -0.309. The monoisotopic (exact) mass is 265 g/mol. The van der Waals surface area contributed by atoms with Gasteiger partial charge in [-0.1, -0.05) is 13.8 Å². The summed E-state index contributed by atoms with van der Waals surface area (Å²) in [5.41, 5.74) is 0.389. The van der Waals surface area contributed by atoms with Crippen molar-refractivity contribution in [2.45, 2.75) is 39.2 Å². The van der Waals surface area contributed by atoms with Crippen molar-refractivity contribution < 1.29 is 14.3 Å². The summed E-state index contributed by atoms with van der Waals surface area (Å²) in [7, 11) is 0. The van der Waals surface area contributed by atoms with Crippen molar-refractivity contribution >= 4 is 11.7 Å². The van der Waals surface area contributed by atoms with E-state index in [1.807, 2.05) is 0 Å². The average molecular weight is 265 g/mol. The van der Waals surface area contributed by atoms with Crippen molar-refractivity contribution in [2.75, 3.05) is 5.32 Å². The number of hydrogen-bond donors (Lipinski definition) is 2. The molecule has 1 aliphatic carbocycles. The molecule has 1 aromatic carbocycles. The van der Waals surface area contributed by atoms with Crippen LogP contribution in [0.1, 0.15) is 32.3 Å². The van der Waals surface area contributed by atoms with Gasteiger partial charge in [0, 0.05) is 5.69 Å². The van der Waals surface area contributed by atoms with E-state index in [2.05, 4.69) is 19.2 Å². The molecule has 0 aliphatic heterocycles. The lowest BCUT2D eigenvalue weighted by Gasteiger charge is -2.47. The second-order valence-electron chi connectivity index (χ2n) is 5.94. The van der Waals surface area contributed by atoms with Gasteiger partial charge < -0.3 is 10.4 Å². The Kier molecular flexibility index (Phi) is 3.52. The number of hydrogen-bond acceptors (Lipinski definition) is 2. The van der Waals surface area contributed by atoms with E-state index in [-0.39, 0.29) is 5.82 Å². The predicted octanol–water partition coefficient (Wildman–Crippen LogP) is 3.44. The SMILES string of the molecule is Cc1cc(F)cc(NC2(C(=O)O)CC(C(C)C)C2)c1. The van der Waals surface area contributed by atoms with Crippen LogP contribution in [0.2, 0.25) is 0 Å². The van der Waals surface area contributed by atoms with Gasteiger partial charge in [-0.3, -0.25) is 0 Å². The van der Waals surface area contributed by atoms with Crippen molar-refractivity contribution in [3.8, 4) is 0 Å². The molecule has 2 N–H and O–H groups in total. The molecular weight excluding hydrogens is 245 g/mol. The lowest BCUT2D eigenvalue weighted by Crippen LogP contribution is -2.57. The highest BCUT2D eigenvalue weighted by molar-refractivity contribution is 5.84. The molecule has 0 amide bonds. The number of rotatable bonds is 4. The van der Waals surface area contributed by atoms with Crippen molar-refractivity contribution in [1.82, 2.24) is 0 Å². The molecule has 0 atom stereocenters. The van der Waals surface area contributed by atoms with Crippen LogP contribution in [0, 0.1) is 24.6 Å². The maximum Gasteiger partial charge on any atom is 0.329 e. The highest BCUT2D eigenvalue weighted by Gasteiger charge is 2.51. The minimum Gasteiger partial charge on any atom is -0.480 e. The summed E-state index contributed by atoms with van der Waals surface area (Å²) in [6.07, 6.45) is 1.19. The molecule has 0 bridgehead atoms. The molecule has 0 unspecified atom stereocenters. The number of benzene rings is 1. The van der Waals surface area contributed by atoms with Crippen molar-refractivity contribution in [2.24, 2.45) is 11.8 Å². The molecule has 2 rings (SSSR count). The Morgan fingerprint density at radius 2 is 2.05 bits per heavy atom. The third-order valence-corrected chi connectivity index (χ3v) is 4.00. The zero-order chi connectivity index (χ0) is 14.2. The van der Waals surface area contributed by atoms with Crippen LogP contribution in [0.15, 0.2) is 18.2 Å². The highest BCUT2D eigenvalue weighted by atomic mass is 19.1. The van der Waals surface area contributed by atoms with E-state index in [0.717, 1.165) is 5.56 Å². The molecule has 0 aromatic heterocycles. The fourth-order valence-corrected chi connectivity index (χ4v) is 2.72. The standard InChI is InChI=1S/C15H20FNO2/c1-9(2)11-7-15(8-11,14(18)19)17-13-5-10(3)4-12(16)6-13/h4-6,9,11,17H,7-8H2,1-3H3,(H,18,19). The van der Waals surface area contributed by atoms with Gasteiger partial charge in [0.15, 0.2) is 0 Å². The summed E-state index contributed by atoms with van der Waals surface area (Å²) >= 11 is 0. The number of aryl methyl sites for hydroxylation is 1. The Labute approximate surface area is 112 Å². The van der Waals surface area contributed by atoms with Gasteiger partial charge in [0.2, 0.25) is 0 Å². The van der Waals surface area contributed by atoms with Gasteiger partial charge in [0.05, 0.1) is 0 Å². The molecule has 0 saturated heterocycles. The van der Waals surface area contributed by atoms with Gasteiger partial charge in [-0.2, -0.15) is 0 Å². The van der Waals surface area contributed by atoms with Crippen LogP contribution in [-0.4, -0.2) is 16.6 Å². The van der Waals surface area contributed by atoms with E-state index in [0.29, 0.717) is 30.4 Å². The zero-order valence-corrected chi connectivity index (χ0v) is 11.5. The van der Waals surface area contributed by atoms with E-state index in [4.69, 9.17) is 0 Å². The van der Waals surface area contributed by atoms with Crippen molar-refractivity contribution in [3.05, 3.63) is 29.6 Å². The molecule has 1 aromatic rings. The number of carboxylic acid groups (broad SMARTS) is 1. The van der Waals surface area contributed by atoms with E-state index in [1.54, 1.807) is 13.0 Å². The van der Waals surface area contributed by atoms with Gasteiger partial charge in [0.1, 0.15) is 11.4 Å². The van der Waals surface area contributed by atoms with Crippen LogP contribution in [0.25, 0.3) is 0 Å². The summed E-state index contributed by atoms with van der Waals surface area (Å²) in [4.78, 5) is 11.5. The molecule has 104 valence electrons. The van der Waals surface area contributed by atoms with Crippen LogP contribution >= 0.6 is 0 Å². The fourth-order valence-electron chi connectivity index (χ4n) is 2.72. The van der Waals surface area contributed by atoms with Crippen LogP contribution in [-0.2, 0) is 4.79 Å². The van der Waals surface area contributed by atoms with E-state index < -0.39 is 11.5 Å². The third-order valence-electron chi connectivity index (χ3n) is 4.00. The summed E-state index contributed by atoms with van der Waals surface area (Å²) in [6.45, 7) is 5.99. The van der Waals surface area contributed by atoms with E-state index in [9.17, 15) is 14.3 Å². The quantitative estimate of drug-likeness (QED) is 0.876. The molecule has 1 saturated carbocycles. The van der Waals surface area contributed by atoms with Crippen molar-refractivity contribution in [1.29, 1.82) is 0 Å². The Hall–Kier alpha value is -1.58. The number of aliphatic carboxylic acids is 1. The third kappa shape index (κ3) is 2.72. The number of carbonyl (C=O) groups is 1. The van der Waals surface area contributed by atoms with Gasteiger partial charge in [-0.25, -0.2) is 9.18 Å². The Morgan fingerprint density at radius 3 is 2.53 bits per heavy atom. The lowest BCUT2D eigenvalue weighted by atomic mass is 9.64. The lowest BCUT2D eigenvalue weighted by molar-refractivity contribution is -0.148. The van der Waals surface area contributed by atoms with Crippen LogP contribution < -0.4 is 5.32 Å². The van der Waals surface area contributed by atoms with Crippen LogP contribution in [0.4, 0.5) is 10.1 Å². The van der Waals surface area contributed by atoms with Crippen molar-refractivity contribution in [3.63, 3.8) is 0 Å². The first-order chi connectivity index (χ1) is 8.82. The van der Waals surface area contributed by atoms with E-state index >= 15 is 0 Å². The topological polar surface area (TPSA) is 49.3 Å². The molecule has 19 heavy (non-hydrogen) atoms. The summed E-state index contributed by atoms with van der Waals surface area (Å²) < 4.78 is 13.3. The van der Waals surface area contributed by atoms with E-state index in [1.165, 1.54) is 12.1 Å². The minimum absolute atomic E-state index is 0.345. The molecule has 1 fully saturated rings. The molecule has 3 nitrogen and oxygen atoms in total. The number of carboxylic acids is 1. The van der Waals surface area contributed by atoms with Crippen LogP contribution in [0.3, 0.4) is 0 Å². The predicted molar refractivity (Wildman–Crippen MR) is 72.7 cm³/mol. The maximum atomic E-state index is 13.3. The highest BCUT2D eigenvalue weighted by Crippen LogP contribution is 2.44. The Bertz CT molecular complexity index is 473. The molecule has 0 radical (unpaired) electrons. The molecule has 1 aliphatic rings. The Balaban J connectivity index is 2.17. The van der Waals surface area contributed by atoms with Crippen LogP contribution in [0.5, 0.6) is 0 Å². The minimum atomic E-state index is -0.935. The fraction of sp³-hybridized carbons (Fsp3) is 0.533. The number of nitrogens with one attached hydrogen (secondary N) is 1. The normalized spacial score (nSPS) is 26.1. The summed E-state index contributed by atoms with van der Waals surface area (Å²) in [5, 5.41) is 12.4. The molecule has 0 spiro atoms. The number of halogens is 1.